The van der Waals surface area contributed by atoms with E-state index in [4.69, 9.17) is 5.11 Å². The second kappa shape index (κ2) is 3.00. The summed E-state index contributed by atoms with van der Waals surface area (Å²) in [5.74, 6) is -0.567. The molecule has 66 valence electrons. The van der Waals surface area contributed by atoms with E-state index in [-0.39, 0.29) is 6.42 Å². The minimum absolute atomic E-state index is 0.109. The van der Waals surface area contributed by atoms with Gasteiger partial charge in [0.2, 0.25) is 0 Å². The zero-order valence-electron chi connectivity index (χ0n) is 6.06. The summed E-state index contributed by atoms with van der Waals surface area (Å²) in [7, 11) is -2.56. The van der Waals surface area contributed by atoms with E-state index in [9.17, 15) is 13.9 Å². The Morgan fingerprint density at radius 1 is 1.55 bits per heavy atom. The van der Waals surface area contributed by atoms with E-state index in [1.165, 1.54) is 0 Å². The molecular weight excluding hydrogens is 168 g/mol. The summed E-state index contributed by atoms with van der Waals surface area (Å²) in [4.78, 5) is 10.2. The lowest BCUT2D eigenvalue weighted by atomic mass is 10.2. The van der Waals surface area contributed by atoms with Gasteiger partial charge in [-0.2, -0.15) is 10.6 Å². The first kappa shape index (κ1) is 8.83. The second-order valence-corrected chi connectivity index (χ2v) is 5.29. The lowest BCUT2D eigenvalue weighted by Gasteiger charge is -2.32. The van der Waals surface area contributed by atoms with E-state index in [0.29, 0.717) is 12.2 Å². The van der Waals surface area contributed by atoms with Crippen LogP contribution >= 0.6 is 10.6 Å². The van der Waals surface area contributed by atoms with Crippen molar-refractivity contribution in [2.24, 2.45) is 0 Å². The molecule has 1 unspecified atom stereocenters. The van der Waals surface area contributed by atoms with Gasteiger partial charge in [0.1, 0.15) is 0 Å². The lowest BCUT2D eigenvalue weighted by molar-refractivity contribution is -0.137. The van der Waals surface area contributed by atoms with Gasteiger partial charge in [0.25, 0.3) is 0 Å². The lowest BCUT2D eigenvalue weighted by Crippen LogP contribution is -2.16. The van der Waals surface area contributed by atoms with Crippen molar-refractivity contribution in [3.8, 4) is 0 Å². The summed E-state index contributed by atoms with van der Waals surface area (Å²) in [6.45, 7) is 0. The Kier molecular flexibility index (Phi) is 2.41. The van der Waals surface area contributed by atoms with Gasteiger partial charge in [0.15, 0.2) is 0 Å². The highest BCUT2D eigenvalue weighted by atomic mass is 32.3. The molecule has 5 heteroatoms. The maximum atomic E-state index is 10.2. The molecule has 0 amide bonds. The molecule has 0 bridgehead atoms. The van der Waals surface area contributed by atoms with E-state index >= 15 is 0 Å². The Morgan fingerprint density at radius 2 is 2.18 bits per heavy atom. The fourth-order valence-electron chi connectivity index (χ4n) is 1.31. The van der Waals surface area contributed by atoms with Crippen LogP contribution in [-0.2, 0) is 4.79 Å². The SMILES string of the molecule is O=C(O)CC1CCCS1(O)O. The third kappa shape index (κ3) is 2.08. The molecule has 0 spiro atoms. The van der Waals surface area contributed by atoms with E-state index in [2.05, 4.69) is 0 Å². The monoisotopic (exact) mass is 180 g/mol. The van der Waals surface area contributed by atoms with E-state index < -0.39 is 21.8 Å². The van der Waals surface area contributed by atoms with Gasteiger partial charge >= 0.3 is 5.97 Å². The molecule has 11 heavy (non-hydrogen) atoms. The van der Waals surface area contributed by atoms with Crippen molar-refractivity contribution in [3.05, 3.63) is 0 Å². The van der Waals surface area contributed by atoms with Crippen molar-refractivity contribution < 1.29 is 19.0 Å². The number of rotatable bonds is 2. The third-order valence-electron chi connectivity index (χ3n) is 1.91. The largest absolute Gasteiger partial charge is 0.481 e. The van der Waals surface area contributed by atoms with Crippen molar-refractivity contribution in [1.29, 1.82) is 0 Å². The standard InChI is InChI=1S/C6H12O4S/c7-6(8)4-5-2-1-3-11(5,9)10/h5,9-10H,1-4H2,(H,7,8). The Labute approximate surface area is 66.6 Å². The second-order valence-electron chi connectivity index (χ2n) is 2.78. The molecule has 0 aromatic carbocycles. The predicted octanol–water partition coefficient (Wildman–Crippen LogP) is 1.37. The Hall–Kier alpha value is -0.260. The molecule has 4 nitrogen and oxygen atoms in total. The van der Waals surface area contributed by atoms with E-state index in [0.717, 1.165) is 6.42 Å². The molecule has 1 fully saturated rings. The number of hydrogen-bond acceptors (Lipinski definition) is 3. The van der Waals surface area contributed by atoms with Crippen LogP contribution in [0.5, 0.6) is 0 Å². The summed E-state index contributed by atoms with van der Waals surface area (Å²) < 4.78 is 18.6. The van der Waals surface area contributed by atoms with Crippen molar-refractivity contribution in [2.75, 3.05) is 5.75 Å². The van der Waals surface area contributed by atoms with Gasteiger partial charge in [-0.05, 0) is 12.8 Å². The minimum atomic E-state index is -2.56. The van der Waals surface area contributed by atoms with Crippen molar-refractivity contribution in [3.63, 3.8) is 0 Å². The fraction of sp³-hybridized carbons (Fsp3) is 0.833. The number of hydrogen-bond donors (Lipinski definition) is 3. The molecule has 1 atom stereocenters. The summed E-state index contributed by atoms with van der Waals surface area (Å²) in [6.07, 6.45) is 1.26. The molecule has 0 aliphatic carbocycles. The van der Waals surface area contributed by atoms with E-state index in [1.807, 2.05) is 0 Å². The van der Waals surface area contributed by atoms with Crippen molar-refractivity contribution in [2.45, 2.75) is 24.5 Å². The van der Waals surface area contributed by atoms with Crippen molar-refractivity contribution >= 4 is 16.6 Å². The highest BCUT2D eigenvalue weighted by molar-refractivity contribution is 8.25. The van der Waals surface area contributed by atoms with Gasteiger partial charge in [-0.1, -0.05) is 0 Å². The van der Waals surface area contributed by atoms with E-state index in [1.54, 1.807) is 0 Å². The van der Waals surface area contributed by atoms with Gasteiger partial charge in [-0.3, -0.25) is 13.9 Å². The maximum Gasteiger partial charge on any atom is 0.305 e. The molecule has 0 aromatic heterocycles. The number of carbonyl (C=O) groups is 1. The van der Waals surface area contributed by atoms with Crippen LogP contribution in [-0.4, -0.2) is 31.2 Å². The van der Waals surface area contributed by atoms with Gasteiger partial charge in [-0.25, -0.2) is 0 Å². The molecule has 1 aliphatic rings. The average Bonchev–Trinajstić information content (AvgIpc) is 2.10. The van der Waals surface area contributed by atoms with Crippen LogP contribution in [0.15, 0.2) is 0 Å². The fourth-order valence-corrected chi connectivity index (χ4v) is 3.19. The molecule has 1 saturated heterocycles. The Bertz CT molecular complexity index is 168. The number of aliphatic carboxylic acids is 1. The van der Waals surface area contributed by atoms with Crippen LogP contribution in [0.2, 0.25) is 0 Å². The summed E-state index contributed by atoms with van der Waals surface area (Å²) in [5, 5.41) is 7.99. The summed E-state index contributed by atoms with van der Waals surface area (Å²) in [6, 6.07) is 0. The normalized spacial score (nSPS) is 31.6. The molecular formula is C6H12O4S. The zero-order chi connectivity index (χ0) is 8.48. The zero-order valence-corrected chi connectivity index (χ0v) is 6.88. The molecule has 1 aliphatic heterocycles. The van der Waals surface area contributed by atoms with Crippen LogP contribution in [0.1, 0.15) is 19.3 Å². The number of carboxylic acid groups (broad SMARTS) is 1. The van der Waals surface area contributed by atoms with Crippen molar-refractivity contribution in [1.82, 2.24) is 0 Å². The Morgan fingerprint density at radius 3 is 2.55 bits per heavy atom. The molecule has 0 saturated carbocycles. The maximum absolute atomic E-state index is 10.2. The first-order chi connectivity index (χ1) is 5.02. The van der Waals surface area contributed by atoms with Gasteiger partial charge < -0.3 is 5.11 Å². The Balaban J connectivity index is 2.51. The molecule has 3 N–H and O–H groups in total. The molecule has 0 radical (unpaired) electrons. The van der Waals surface area contributed by atoms with Crippen LogP contribution < -0.4 is 0 Å². The van der Waals surface area contributed by atoms with Crippen LogP contribution in [0.4, 0.5) is 0 Å². The quantitative estimate of drug-likeness (QED) is 0.599. The highest BCUT2D eigenvalue weighted by Gasteiger charge is 2.32. The van der Waals surface area contributed by atoms with Crippen LogP contribution in [0.25, 0.3) is 0 Å². The smallest absolute Gasteiger partial charge is 0.305 e. The minimum Gasteiger partial charge on any atom is -0.481 e. The summed E-state index contributed by atoms with van der Waals surface area (Å²) >= 11 is 0. The topological polar surface area (TPSA) is 77.8 Å². The van der Waals surface area contributed by atoms with Gasteiger partial charge in [-0.15, -0.1) is 0 Å². The summed E-state index contributed by atoms with van der Waals surface area (Å²) in [5.41, 5.74) is 0. The number of carboxylic acids is 1. The van der Waals surface area contributed by atoms with Gasteiger partial charge in [0, 0.05) is 5.75 Å². The van der Waals surface area contributed by atoms with Crippen LogP contribution in [0.3, 0.4) is 0 Å². The third-order valence-corrected chi connectivity index (χ3v) is 4.27. The molecule has 1 rings (SSSR count). The molecule has 0 aromatic rings. The average molecular weight is 180 g/mol. The predicted molar refractivity (Wildman–Crippen MR) is 43.0 cm³/mol. The highest BCUT2D eigenvalue weighted by Crippen LogP contribution is 2.53. The first-order valence-corrected chi connectivity index (χ1v) is 5.27. The first-order valence-electron chi connectivity index (χ1n) is 3.49. The van der Waals surface area contributed by atoms with Gasteiger partial charge in [0.05, 0.1) is 11.7 Å². The van der Waals surface area contributed by atoms with Crippen LogP contribution in [0, 0.1) is 0 Å². The molecule has 1 heterocycles.